The van der Waals surface area contributed by atoms with Gasteiger partial charge in [-0.15, -0.1) is 0 Å². The molecule has 1 atom stereocenters. The van der Waals surface area contributed by atoms with Crippen molar-refractivity contribution in [3.63, 3.8) is 0 Å². The molecule has 0 aromatic carbocycles. The summed E-state index contributed by atoms with van der Waals surface area (Å²) in [5.41, 5.74) is 1.31. The minimum absolute atomic E-state index is 0.0306. The number of amides is 1. The molecule has 1 amide bonds. The van der Waals surface area contributed by atoms with Gasteiger partial charge in [0.25, 0.3) is 5.91 Å². The van der Waals surface area contributed by atoms with Crippen molar-refractivity contribution in [2.75, 3.05) is 18.1 Å². The average molecular weight is 285 g/mol. The van der Waals surface area contributed by atoms with Crippen molar-refractivity contribution in [1.29, 1.82) is 0 Å². The lowest BCUT2D eigenvalue weighted by molar-refractivity contribution is 0.0943. The Hall–Kier alpha value is -1.37. The number of rotatable bonds is 5. The van der Waals surface area contributed by atoms with Crippen molar-refractivity contribution in [1.82, 2.24) is 15.5 Å². The van der Waals surface area contributed by atoms with E-state index in [9.17, 15) is 13.2 Å². The van der Waals surface area contributed by atoms with E-state index in [1.165, 1.54) is 0 Å². The maximum absolute atomic E-state index is 11.8. The van der Waals surface area contributed by atoms with E-state index in [4.69, 9.17) is 0 Å². The number of aromatic amines is 1. The van der Waals surface area contributed by atoms with Crippen LogP contribution < -0.4 is 5.32 Å². The molecule has 1 aliphatic rings. The normalized spacial score (nSPS) is 21.4. The number of aromatic nitrogens is 2. The van der Waals surface area contributed by atoms with E-state index in [0.29, 0.717) is 18.7 Å². The summed E-state index contributed by atoms with van der Waals surface area (Å²) in [6.45, 7) is 2.45. The monoisotopic (exact) mass is 285 g/mol. The molecule has 2 N–H and O–H groups in total. The van der Waals surface area contributed by atoms with Crippen LogP contribution in [0, 0.1) is 5.92 Å². The van der Waals surface area contributed by atoms with Gasteiger partial charge in [0.1, 0.15) is 5.69 Å². The van der Waals surface area contributed by atoms with Gasteiger partial charge >= 0.3 is 0 Å². The quantitative estimate of drug-likeness (QED) is 0.825. The van der Waals surface area contributed by atoms with Gasteiger partial charge in [-0.25, -0.2) is 8.42 Å². The predicted molar refractivity (Wildman–Crippen MR) is 71.7 cm³/mol. The van der Waals surface area contributed by atoms with Crippen LogP contribution in [-0.4, -0.2) is 42.6 Å². The van der Waals surface area contributed by atoms with Gasteiger partial charge in [0.2, 0.25) is 0 Å². The highest BCUT2D eigenvalue weighted by Gasteiger charge is 2.28. The Morgan fingerprint density at radius 2 is 2.37 bits per heavy atom. The largest absolute Gasteiger partial charge is 0.350 e. The molecular weight excluding hydrogens is 266 g/mol. The highest BCUT2D eigenvalue weighted by Crippen LogP contribution is 2.17. The minimum Gasteiger partial charge on any atom is -0.350 e. The average Bonchev–Trinajstić information content (AvgIpc) is 2.93. The highest BCUT2D eigenvalue weighted by atomic mass is 32.2. The topological polar surface area (TPSA) is 91.9 Å². The second-order valence-corrected chi connectivity index (χ2v) is 7.24. The van der Waals surface area contributed by atoms with Gasteiger partial charge in [0.05, 0.1) is 11.5 Å². The standard InChI is InChI=1S/C12H19N3O3S/c1-2-3-10-6-11(15-14-10)12(16)13-7-9-4-5-19(17,18)8-9/h6,9H,2-5,7-8H2,1H3,(H,13,16)(H,14,15). The molecule has 6 nitrogen and oxygen atoms in total. The molecule has 1 fully saturated rings. The molecule has 2 heterocycles. The van der Waals surface area contributed by atoms with Gasteiger partial charge in [-0.1, -0.05) is 13.3 Å². The Balaban J connectivity index is 1.84. The number of nitrogens with one attached hydrogen (secondary N) is 2. The Kier molecular flexibility index (Phi) is 4.24. The molecule has 7 heteroatoms. The lowest BCUT2D eigenvalue weighted by atomic mass is 10.1. The maximum atomic E-state index is 11.8. The van der Waals surface area contributed by atoms with Crippen molar-refractivity contribution in [2.45, 2.75) is 26.2 Å². The number of hydrogen-bond acceptors (Lipinski definition) is 4. The van der Waals surface area contributed by atoms with Crippen molar-refractivity contribution >= 4 is 15.7 Å². The van der Waals surface area contributed by atoms with E-state index in [1.807, 2.05) is 0 Å². The van der Waals surface area contributed by atoms with Crippen LogP contribution in [-0.2, 0) is 16.3 Å². The van der Waals surface area contributed by atoms with Crippen molar-refractivity contribution in [2.24, 2.45) is 5.92 Å². The number of sulfone groups is 1. The fourth-order valence-corrected chi connectivity index (χ4v) is 4.10. The second-order valence-electron chi connectivity index (χ2n) is 5.01. The van der Waals surface area contributed by atoms with E-state index in [-0.39, 0.29) is 23.3 Å². The fraction of sp³-hybridized carbons (Fsp3) is 0.667. The summed E-state index contributed by atoms with van der Waals surface area (Å²) in [6.07, 6.45) is 2.48. The minimum atomic E-state index is -2.88. The Labute approximate surface area is 112 Å². The van der Waals surface area contributed by atoms with Crippen molar-refractivity contribution < 1.29 is 13.2 Å². The first-order valence-electron chi connectivity index (χ1n) is 6.53. The predicted octanol–water partition coefficient (Wildman–Crippen LogP) is 0.527. The molecule has 0 bridgehead atoms. The summed E-state index contributed by atoms with van der Waals surface area (Å²) in [7, 11) is -2.88. The highest BCUT2D eigenvalue weighted by molar-refractivity contribution is 7.91. The molecule has 2 rings (SSSR count). The van der Waals surface area contributed by atoms with Crippen LogP contribution in [0.5, 0.6) is 0 Å². The van der Waals surface area contributed by atoms with Gasteiger partial charge in [0, 0.05) is 12.2 Å². The van der Waals surface area contributed by atoms with Crippen LogP contribution in [0.25, 0.3) is 0 Å². The molecule has 0 saturated carbocycles. The summed E-state index contributed by atoms with van der Waals surface area (Å²) >= 11 is 0. The first kappa shape index (κ1) is 14.0. The number of aryl methyl sites for hydroxylation is 1. The Morgan fingerprint density at radius 1 is 1.58 bits per heavy atom. The maximum Gasteiger partial charge on any atom is 0.271 e. The van der Waals surface area contributed by atoms with E-state index in [1.54, 1.807) is 6.07 Å². The molecule has 1 unspecified atom stereocenters. The molecule has 106 valence electrons. The molecule has 1 aromatic heterocycles. The van der Waals surface area contributed by atoms with Crippen LogP contribution in [0.15, 0.2) is 6.07 Å². The Bertz CT molecular complexity index is 550. The zero-order valence-corrected chi connectivity index (χ0v) is 11.8. The van der Waals surface area contributed by atoms with Gasteiger partial charge in [-0.05, 0) is 24.8 Å². The summed E-state index contributed by atoms with van der Waals surface area (Å²) < 4.78 is 22.6. The molecule has 1 saturated heterocycles. The van der Waals surface area contributed by atoms with Crippen LogP contribution in [0.4, 0.5) is 0 Å². The number of carbonyl (C=O) groups is 1. The summed E-state index contributed by atoms with van der Waals surface area (Å²) in [6, 6.07) is 1.74. The Morgan fingerprint density at radius 3 is 3.00 bits per heavy atom. The summed E-state index contributed by atoms with van der Waals surface area (Å²) in [5.74, 6) is 0.191. The molecular formula is C12H19N3O3S. The third kappa shape index (κ3) is 3.79. The third-order valence-corrected chi connectivity index (χ3v) is 5.10. The molecule has 0 aliphatic carbocycles. The summed E-state index contributed by atoms with van der Waals surface area (Å²) in [4.78, 5) is 11.8. The molecule has 19 heavy (non-hydrogen) atoms. The van der Waals surface area contributed by atoms with Crippen molar-refractivity contribution in [3.8, 4) is 0 Å². The van der Waals surface area contributed by atoms with Crippen LogP contribution in [0.3, 0.4) is 0 Å². The molecule has 0 radical (unpaired) electrons. The van der Waals surface area contributed by atoms with E-state index >= 15 is 0 Å². The van der Waals surface area contributed by atoms with E-state index in [2.05, 4.69) is 22.4 Å². The zero-order valence-electron chi connectivity index (χ0n) is 11.0. The third-order valence-electron chi connectivity index (χ3n) is 3.26. The lowest BCUT2D eigenvalue weighted by Gasteiger charge is -2.07. The summed E-state index contributed by atoms with van der Waals surface area (Å²) in [5, 5.41) is 9.52. The van der Waals surface area contributed by atoms with E-state index < -0.39 is 9.84 Å². The first-order chi connectivity index (χ1) is 9.00. The second kappa shape index (κ2) is 5.73. The number of H-pyrrole nitrogens is 1. The molecule has 1 aromatic rings. The van der Waals surface area contributed by atoms with Gasteiger partial charge in [-0.3, -0.25) is 9.89 Å². The fourth-order valence-electron chi connectivity index (χ4n) is 2.24. The van der Waals surface area contributed by atoms with Crippen LogP contribution in [0.1, 0.15) is 35.9 Å². The van der Waals surface area contributed by atoms with E-state index in [0.717, 1.165) is 18.5 Å². The number of nitrogens with zero attached hydrogens (tertiary/aromatic N) is 1. The lowest BCUT2D eigenvalue weighted by Crippen LogP contribution is -2.30. The SMILES string of the molecule is CCCc1cc(C(=O)NCC2CCS(=O)(=O)C2)n[nH]1. The number of carbonyl (C=O) groups excluding carboxylic acids is 1. The van der Waals surface area contributed by atoms with Gasteiger partial charge in [0.15, 0.2) is 9.84 Å². The smallest absolute Gasteiger partial charge is 0.271 e. The zero-order chi connectivity index (χ0) is 13.9. The number of hydrogen-bond donors (Lipinski definition) is 2. The van der Waals surface area contributed by atoms with Gasteiger partial charge in [-0.2, -0.15) is 5.10 Å². The van der Waals surface area contributed by atoms with Crippen LogP contribution in [0.2, 0.25) is 0 Å². The molecule has 0 spiro atoms. The molecule has 1 aliphatic heterocycles. The van der Waals surface area contributed by atoms with Crippen LogP contribution >= 0.6 is 0 Å². The first-order valence-corrected chi connectivity index (χ1v) is 8.35. The van der Waals surface area contributed by atoms with Gasteiger partial charge < -0.3 is 5.32 Å². The van der Waals surface area contributed by atoms with Crippen molar-refractivity contribution in [3.05, 3.63) is 17.5 Å².